The van der Waals surface area contributed by atoms with Gasteiger partial charge in [0.2, 0.25) is 5.91 Å². The largest absolute Gasteiger partial charge is 0.457 e. The molecular formula is C26H23N3O5S. The van der Waals surface area contributed by atoms with Gasteiger partial charge in [-0.15, -0.1) is 0 Å². The van der Waals surface area contributed by atoms with Crippen LogP contribution in [-0.2, 0) is 14.3 Å². The van der Waals surface area contributed by atoms with E-state index in [0.717, 1.165) is 41.0 Å². The lowest BCUT2D eigenvalue weighted by Crippen LogP contribution is -2.38. The summed E-state index contributed by atoms with van der Waals surface area (Å²) in [5, 5.41) is 2.35. The number of morpholine rings is 1. The Morgan fingerprint density at radius 2 is 1.71 bits per heavy atom. The fraction of sp³-hybridized carbons (Fsp3) is 0.192. The van der Waals surface area contributed by atoms with Crippen LogP contribution in [0.2, 0.25) is 0 Å². The molecule has 9 heteroatoms. The van der Waals surface area contributed by atoms with E-state index in [1.807, 2.05) is 54.6 Å². The monoisotopic (exact) mass is 489 g/mol. The third kappa shape index (κ3) is 5.16. The molecule has 3 aromatic rings. The van der Waals surface area contributed by atoms with Crippen molar-refractivity contribution in [3.05, 3.63) is 77.4 Å². The van der Waals surface area contributed by atoms with Gasteiger partial charge >= 0.3 is 0 Å². The number of hydrogen-bond donors (Lipinski definition) is 1. The summed E-state index contributed by atoms with van der Waals surface area (Å²) >= 11 is 0.792. The van der Waals surface area contributed by atoms with Crippen molar-refractivity contribution in [2.24, 2.45) is 0 Å². The van der Waals surface area contributed by atoms with Gasteiger partial charge in [0.25, 0.3) is 11.1 Å². The molecule has 1 aromatic heterocycles. The fourth-order valence-electron chi connectivity index (χ4n) is 3.95. The van der Waals surface area contributed by atoms with Crippen molar-refractivity contribution >= 4 is 46.3 Å². The predicted molar refractivity (Wildman–Crippen MR) is 135 cm³/mol. The first-order valence-corrected chi connectivity index (χ1v) is 12.0. The molecule has 0 radical (unpaired) electrons. The van der Waals surface area contributed by atoms with E-state index in [-0.39, 0.29) is 11.4 Å². The van der Waals surface area contributed by atoms with Crippen LogP contribution in [-0.4, -0.2) is 54.8 Å². The minimum absolute atomic E-state index is 0.213. The number of furan rings is 1. The summed E-state index contributed by atoms with van der Waals surface area (Å²) in [5.74, 6) is 0.153. The highest BCUT2D eigenvalue weighted by Crippen LogP contribution is 2.33. The first-order chi connectivity index (χ1) is 17.1. The summed E-state index contributed by atoms with van der Waals surface area (Å²) in [5.41, 5.74) is 2.42. The normalized spacial score (nSPS) is 17.3. The highest BCUT2D eigenvalue weighted by atomic mass is 32.2. The van der Waals surface area contributed by atoms with Crippen LogP contribution < -0.4 is 10.2 Å². The van der Waals surface area contributed by atoms with Gasteiger partial charge in [-0.1, -0.05) is 42.5 Å². The van der Waals surface area contributed by atoms with E-state index in [2.05, 4.69) is 10.2 Å². The number of hydrogen-bond acceptors (Lipinski definition) is 7. The van der Waals surface area contributed by atoms with Gasteiger partial charge in [0.1, 0.15) is 18.1 Å². The Balaban J connectivity index is 1.26. The smallest absolute Gasteiger partial charge is 0.294 e. The number of para-hydroxylation sites is 2. The highest BCUT2D eigenvalue weighted by molar-refractivity contribution is 8.18. The summed E-state index contributed by atoms with van der Waals surface area (Å²) in [6.07, 6.45) is 1.53. The fourth-order valence-corrected chi connectivity index (χ4v) is 4.76. The lowest BCUT2D eigenvalue weighted by molar-refractivity contribution is -0.127. The summed E-state index contributed by atoms with van der Waals surface area (Å²) in [7, 11) is 0. The topological polar surface area (TPSA) is 92.1 Å². The molecule has 2 fully saturated rings. The van der Waals surface area contributed by atoms with Crippen molar-refractivity contribution in [2.75, 3.05) is 43.1 Å². The van der Waals surface area contributed by atoms with Gasteiger partial charge < -0.3 is 19.4 Å². The number of anilines is 2. The van der Waals surface area contributed by atoms with Crippen LogP contribution in [0.3, 0.4) is 0 Å². The Kier molecular flexibility index (Phi) is 6.69. The molecule has 2 aliphatic heterocycles. The molecule has 0 atom stereocenters. The maximum atomic E-state index is 12.9. The number of rotatable bonds is 6. The minimum Gasteiger partial charge on any atom is -0.457 e. The number of thioether (sulfide) groups is 1. The molecule has 2 aliphatic rings. The molecule has 2 aromatic carbocycles. The van der Waals surface area contributed by atoms with Crippen molar-refractivity contribution in [1.82, 2.24) is 4.90 Å². The van der Waals surface area contributed by atoms with Crippen molar-refractivity contribution < 1.29 is 23.5 Å². The molecule has 178 valence electrons. The third-order valence-corrected chi connectivity index (χ3v) is 6.57. The van der Waals surface area contributed by atoms with E-state index < -0.39 is 17.1 Å². The van der Waals surface area contributed by atoms with Gasteiger partial charge in [0, 0.05) is 24.7 Å². The molecule has 5 rings (SSSR count). The molecule has 35 heavy (non-hydrogen) atoms. The van der Waals surface area contributed by atoms with Crippen LogP contribution >= 0.6 is 11.8 Å². The third-order valence-electron chi connectivity index (χ3n) is 5.66. The van der Waals surface area contributed by atoms with Crippen LogP contribution in [0.1, 0.15) is 5.76 Å². The molecular weight excluding hydrogens is 466 g/mol. The molecule has 8 nitrogen and oxygen atoms in total. The molecule has 1 N–H and O–H groups in total. The summed E-state index contributed by atoms with van der Waals surface area (Å²) in [6, 6.07) is 20.6. The maximum absolute atomic E-state index is 12.9. The van der Waals surface area contributed by atoms with Gasteiger partial charge in [0.05, 0.1) is 29.5 Å². The van der Waals surface area contributed by atoms with Crippen molar-refractivity contribution in [2.45, 2.75) is 0 Å². The van der Waals surface area contributed by atoms with E-state index >= 15 is 0 Å². The number of amides is 3. The highest BCUT2D eigenvalue weighted by Gasteiger charge is 2.36. The zero-order valence-corrected chi connectivity index (χ0v) is 19.6. The summed E-state index contributed by atoms with van der Waals surface area (Å²) < 4.78 is 11.2. The van der Waals surface area contributed by atoms with Gasteiger partial charge in [-0.05, 0) is 36.0 Å². The van der Waals surface area contributed by atoms with E-state index in [4.69, 9.17) is 9.15 Å². The van der Waals surface area contributed by atoms with Crippen LogP contribution in [0.4, 0.5) is 16.2 Å². The van der Waals surface area contributed by atoms with E-state index in [1.165, 1.54) is 6.08 Å². The van der Waals surface area contributed by atoms with E-state index in [9.17, 15) is 14.4 Å². The minimum atomic E-state index is -0.519. The zero-order valence-electron chi connectivity index (χ0n) is 18.8. The molecule has 3 amide bonds. The number of ether oxygens (including phenoxy) is 1. The summed E-state index contributed by atoms with van der Waals surface area (Å²) in [6.45, 7) is 2.31. The Bertz CT molecular complexity index is 1280. The van der Waals surface area contributed by atoms with Gasteiger partial charge in [-0.2, -0.15) is 0 Å². The number of nitrogens with zero attached hydrogens (tertiary/aromatic N) is 2. The average Bonchev–Trinajstić information content (AvgIpc) is 3.46. The second-order valence-corrected chi connectivity index (χ2v) is 8.99. The average molecular weight is 490 g/mol. The predicted octanol–water partition coefficient (Wildman–Crippen LogP) is 4.46. The lowest BCUT2D eigenvalue weighted by Gasteiger charge is -2.30. The van der Waals surface area contributed by atoms with Crippen LogP contribution in [0.5, 0.6) is 0 Å². The zero-order chi connectivity index (χ0) is 24.2. The Labute approximate surface area is 206 Å². The SMILES string of the molecule is O=C(CN1C(=O)S/C(=C\c2ccc(-c3ccccc3)o2)C1=O)Nc1ccccc1N1CCOCC1. The number of imide groups is 1. The van der Waals surface area contributed by atoms with Crippen molar-refractivity contribution in [3.8, 4) is 11.3 Å². The molecule has 0 aliphatic carbocycles. The van der Waals surface area contributed by atoms with Crippen molar-refractivity contribution in [1.29, 1.82) is 0 Å². The lowest BCUT2D eigenvalue weighted by atomic mass is 10.2. The van der Waals surface area contributed by atoms with E-state index in [0.29, 0.717) is 30.4 Å². The maximum Gasteiger partial charge on any atom is 0.294 e. The summed E-state index contributed by atoms with van der Waals surface area (Å²) in [4.78, 5) is 41.4. The van der Waals surface area contributed by atoms with Gasteiger partial charge in [0.15, 0.2) is 0 Å². The first-order valence-electron chi connectivity index (χ1n) is 11.2. The van der Waals surface area contributed by atoms with E-state index in [1.54, 1.807) is 12.1 Å². The number of carbonyl (C=O) groups excluding carboxylic acids is 3. The van der Waals surface area contributed by atoms with Crippen molar-refractivity contribution in [3.63, 3.8) is 0 Å². The van der Waals surface area contributed by atoms with Crippen LogP contribution in [0.15, 0.2) is 76.1 Å². The second kappa shape index (κ2) is 10.2. The van der Waals surface area contributed by atoms with Gasteiger partial charge in [-0.25, -0.2) is 0 Å². The quantitative estimate of drug-likeness (QED) is 0.511. The molecule has 0 spiro atoms. The first kappa shape index (κ1) is 22.9. The Hall–Kier alpha value is -3.82. The molecule has 2 saturated heterocycles. The number of carbonyl (C=O) groups is 3. The standard InChI is InChI=1S/C26H23N3O5S/c30-24(27-20-8-4-5-9-21(20)28-12-14-33-15-13-28)17-29-25(31)23(35-26(29)32)16-19-10-11-22(34-19)18-6-2-1-3-7-18/h1-11,16H,12-15,17H2,(H,27,30)/b23-16-. The Morgan fingerprint density at radius 3 is 2.51 bits per heavy atom. The number of benzene rings is 2. The van der Waals surface area contributed by atoms with Crippen LogP contribution in [0, 0.1) is 0 Å². The molecule has 0 unspecified atom stereocenters. The molecule has 0 saturated carbocycles. The Morgan fingerprint density at radius 1 is 0.971 bits per heavy atom. The van der Waals surface area contributed by atoms with Crippen LogP contribution in [0.25, 0.3) is 17.4 Å². The van der Waals surface area contributed by atoms with Gasteiger partial charge in [-0.3, -0.25) is 19.3 Å². The number of nitrogens with one attached hydrogen (secondary N) is 1. The molecule has 3 heterocycles. The second-order valence-electron chi connectivity index (χ2n) is 8.00. The molecule has 0 bridgehead atoms.